The summed E-state index contributed by atoms with van der Waals surface area (Å²) in [4.78, 5) is 28.0. The van der Waals surface area contributed by atoms with E-state index in [1.165, 1.54) is 12.8 Å². The van der Waals surface area contributed by atoms with Crippen LogP contribution in [0.5, 0.6) is 0 Å². The molecule has 5 nitrogen and oxygen atoms in total. The Bertz CT molecular complexity index is 532. The van der Waals surface area contributed by atoms with E-state index in [0.717, 1.165) is 31.5 Å². The molecule has 1 aromatic rings. The first-order chi connectivity index (χ1) is 11.2. The Kier molecular flexibility index (Phi) is 5.16. The molecule has 0 bridgehead atoms. The maximum Gasteiger partial charge on any atom is 0.410 e. The van der Waals surface area contributed by atoms with E-state index in [2.05, 4.69) is 0 Å². The van der Waals surface area contributed by atoms with Crippen LogP contribution in [-0.2, 0) is 16.1 Å². The fraction of sp³-hybridized carbons (Fsp3) is 0.556. The second kappa shape index (κ2) is 7.49. The van der Waals surface area contributed by atoms with E-state index in [1.54, 1.807) is 4.90 Å². The van der Waals surface area contributed by atoms with Gasteiger partial charge in [0.15, 0.2) is 0 Å². The van der Waals surface area contributed by atoms with Crippen molar-refractivity contribution in [3.05, 3.63) is 35.9 Å². The fourth-order valence-electron chi connectivity index (χ4n) is 3.14. The van der Waals surface area contributed by atoms with E-state index in [0.29, 0.717) is 13.1 Å². The first kappa shape index (κ1) is 15.8. The van der Waals surface area contributed by atoms with Crippen LogP contribution in [0.2, 0.25) is 0 Å². The zero-order valence-electron chi connectivity index (χ0n) is 13.4. The van der Waals surface area contributed by atoms with Gasteiger partial charge in [-0.1, -0.05) is 43.2 Å². The largest absolute Gasteiger partial charge is 0.445 e. The number of benzene rings is 1. The summed E-state index contributed by atoms with van der Waals surface area (Å²) in [5, 5.41) is 0. The number of nitrogens with zero attached hydrogens (tertiary/aromatic N) is 2. The summed E-state index contributed by atoms with van der Waals surface area (Å²) < 4.78 is 5.29. The third-order valence-corrected chi connectivity index (χ3v) is 4.61. The molecule has 0 radical (unpaired) electrons. The van der Waals surface area contributed by atoms with Crippen molar-refractivity contribution >= 4 is 12.0 Å². The average molecular weight is 316 g/mol. The lowest BCUT2D eigenvalue weighted by Gasteiger charge is -2.39. The van der Waals surface area contributed by atoms with Gasteiger partial charge in [0.2, 0.25) is 5.91 Å². The van der Waals surface area contributed by atoms with Crippen LogP contribution in [0, 0.1) is 5.92 Å². The smallest absolute Gasteiger partial charge is 0.410 e. The zero-order valence-corrected chi connectivity index (χ0v) is 13.4. The second-order valence-corrected chi connectivity index (χ2v) is 6.38. The average Bonchev–Trinajstić information content (AvgIpc) is 2.81. The summed E-state index contributed by atoms with van der Waals surface area (Å²) in [6, 6.07) is 9.62. The van der Waals surface area contributed by atoms with Crippen LogP contribution in [0.4, 0.5) is 4.79 Å². The van der Waals surface area contributed by atoms with Gasteiger partial charge < -0.3 is 14.5 Å². The van der Waals surface area contributed by atoms with Crippen LogP contribution < -0.4 is 0 Å². The first-order valence-electron chi connectivity index (χ1n) is 8.48. The maximum atomic E-state index is 12.4. The van der Waals surface area contributed by atoms with E-state index >= 15 is 0 Å². The first-order valence-corrected chi connectivity index (χ1v) is 8.48. The molecule has 3 rings (SSSR count). The van der Waals surface area contributed by atoms with Gasteiger partial charge in [-0.05, 0) is 18.4 Å². The Labute approximate surface area is 137 Å². The van der Waals surface area contributed by atoms with Gasteiger partial charge in [0.25, 0.3) is 0 Å². The second-order valence-electron chi connectivity index (χ2n) is 6.38. The van der Waals surface area contributed by atoms with Crippen LogP contribution in [0.3, 0.4) is 0 Å². The predicted octanol–water partition coefficient (Wildman–Crippen LogP) is 2.66. The van der Waals surface area contributed by atoms with E-state index in [4.69, 9.17) is 4.74 Å². The highest BCUT2D eigenvalue weighted by Gasteiger charge is 2.38. The van der Waals surface area contributed by atoms with Crippen LogP contribution in [0.15, 0.2) is 30.3 Å². The molecule has 124 valence electrons. The van der Waals surface area contributed by atoms with Gasteiger partial charge in [0.1, 0.15) is 6.61 Å². The minimum atomic E-state index is -0.325. The van der Waals surface area contributed by atoms with Gasteiger partial charge in [0, 0.05) is 26.2 Å². The van der Waals surface area contributed by atoms with Gasteiger partial charge in [-0.25, -0.2) is 4.79 Å². The number of hydrogen-bond acceptors (Lipinski definition) is 3. The van der Waals surface area contributed by atoms with Crippen molar-refractivity contribution in [3.63, 3.8) is 0 Å². The number of carbonyl (C=O) groups excluding carboxylic acids is 2. The molecular formula is C18H24N2O3. The fourth-order valence-corrected chi connectivity index (χ4v) is 3.14. The van der Waals surface area contributed by atoms with Crippen LogP contribution in [-0.4, -0.2) is 48.0 Å². The minimum absolute atomic E-state index is 0.0441. The third kappa shape index (κ3) is 4.03. The molecule has 0 aliphatic carbocycles. The zero-order chi connectivity index (χ0) is 16.1. The Morgan fingerprint density at radius 2 is 1.61 bits per heavy atom. The Hall–Kier alpha value is -2.04. The Morgan fingerprint density at radius 1 is 0.957 bits per heavy atom. The van der Waals surface area contributed by atoms with Crippen LogP contribution in [0.25, 0.3) is 0 Å². The number of rotatable bonds is 3. The predicted molar refractivity (Wildman–Crippen MR) is 86.7 cm³/mol. The van der Waals surface area contributed by atoms with Crippen LogP contribution in [0.1, 0.15) is 31.2 Å². The lowest BCUT2D eigenvalue weighted by atomic mass is 9.99. The SMILES string of the molecule is O=C(OCc1ccccc1)N1CC(C(=O)N2CCCCCC2)C1. The molecule has 0 atom stereocenters. The molecule has 1 aromatic carbocycles. The van der Waals surface area contributed by atoms with Crippen molar-refractivity contribution in [3.8, 4) is 0 Å². The Balaban J connectivity index is 1.41. The number of likely N-dealkylation sites (tertiary alicyclic amines) is 2. The maximum absolute atomic E-state index is 12.4. The van der Waals surface area contributed by atoms with Crippen molar-refractivity contribution < 1.29 is 14.3 Å². The van der Waals surface area contributed by atoms with Gasteiger partial charge in [-0.2, -0.15) is 0 Å². The molecule has 0 spiro atoms. The molecule has 2 heterocycles. The van der Waals surface area contributed by atoms with E-state index < -0.39 is 0 Å². The van der Waals surface area contributed by atoms with Crippen LogP contribution >= 0.6 is 0 Å². The molecule has 2 amide bonds. The summed E-state index contributed by atoms with van der Waals surface area (Å²) in [5.41, 5.74) is 0.971. The molecule has 23 heavy (non-hydrogen) atoms. The molecule has 2 aliphatic heterocycles. The highest BCUT2D eigenvalue weighted by atomic mass is 16.6. The quantitative estimate of drug-likeness (QED) is 0.861. The molecule has 2 fully saturated rings. The summed E-state index contributed by atoms with van der Waals surface area (Å²) in [5.74, 6) is 0.163. The summed E-state index contributed by atoms with van der Waals surface area (Å²) in [7, 11) is 0. The molecule has 0 aromatic heterocycles. The lowest BCUT2D eigenvalue weighted by molar-refractivity contribution is -0.140. The van der Waals surface area contributed by atoms with Gasteiger partial charge in [-0.15, -0.1) is 0 Å². The standard InChI is InChI=1S/C18H24N2O3/c21-17(19-10-6-1-2-7-11-19)16-12-20(13-16)18(22)23-14-15-8-4-3-5-9-15/h3-5,8-9,16H,1-2,6-7,10-14H2. The molecule has 0 N–H and O–H groups in total. The monoisotopic (exact) mass is 316 g/mol. The minimum Gasteiger partial charge on any atom is -0.445 e. The number of amides is 2. The van der Waals surface area contributed by atoms with Gasteiger partial charge >= 0.3 is 6.09 Å². The van der Waals surface area contributed by atoms with Gasteiger partial charge in [-0.3, -0.25) is 4.79 Å². The highest BCUT2D eigenvalue weighted by Crippen LogP contribution is 2.21. The molecule has 0 saturated carbocycles. The number of ether oxygens (including phenoxy) is 1. The summed E-state index contributed by atoms with van der Waals surface area (Å²) in [6.45, 7) is 2.99. The molecular weight excluding hydrogens is 292 g/mol. The van der Waals surface area contributed by atoms with Crippen molar-refractivity contribution in [1.82, 2.24) is 9.80 Å². The third-order valence-electron chi connectivity index (χ3n) is 4.61. The summed E-state index contributed by atoms with van der Waals surface area (Å²) in [6.07, 6.45) is 4.30. The van der Waals surface area contributed by atoms with E-state index in [9.17, 15) is 9.59 Å². The molecule has 5 heteroatoms. The van der Waals surface area contributed by atoms with Crippen molar-refractivity contribution in [2.75, 3.05) is 26.2 Å². The number of carbonyl (C=O) groups is 2. The molecule has 0 unspecified atom stereocenters. The Morgan fingerprint density at radius 3 is 2.26 bits per heavy atom. The van der Waals surface area contributed by atoms with Crippen molar-refractivity contribution in [2.24, 2.45) is 5.92 Å². The molecule has 2 aliphatic rings. The molecule has 2 saturated heterocycles. The van der Waals surface area contributed by atoms with E-state index in [1.807, 2.05) is 35.2 Å². The summed E-state index contributed by atoms with van der Waals surface area (Å²) >= 11 is 0. The van der Waals surface area contributed by atoms with Crippen molar-refractivity contribution in [2.45, 2.75) is 32.3 Å². The topological polar surface area (TPSA) is 49.9 Å². The van der Waals surface area contributed by atoms with Crippen molar-refractivity contribution in [1.29, 1.82) is 0 Å². The normalized spacial score (nSPS) is 19.0. The number of hydrogen-bond donors (Lipinski definition) is 0. The van der Waals surface area contributed by atoms with Gasteiger partial charge in [0.05, 0.1) is 5.92 Å². The lowest BCUT2D eigenvalue weighted by Crippen LogP contribution is -2.56. The highest BCUT2D eigenvalue weighted by molar-refractivity contribution is 5.82. The van der Waals surface area contributed by atoms with E-state index in [-0.39, 0.29) is 24.5 Å².